The summed E-state index contributed by atoms with van der Waals surface area (Å²) in [6, 6.07) is 5.97. The standard InChI is InChI=1S/C27H31BrFNO2/c1-27(11-9-19(10-12-27)15-20-17-30(18-20)14-4-13-29)25-23-8-7-22(26(31)32-2)16-21(23)5-3-6-24(25)28/h7-11,15-16H,3-6,12-14,17-18H2,1-2H3. The summed E-state index contributed by atoms with van der Waals surface area (Å²) in [5, 5.41) is 0. The lowest BCUT2D eigenvalue weighted by Gasteiger charge is -2.35. The molecule has 0 aromatic heterocycles. The highest BCUT2D eigenvalue weighted by atomic mass is 79.9. The maximum absolute atomic E-state index is 12.3. The molecule has 170 valence electrons. The zero-order chi connectivity index (χ0) is 22.7. The van der Waals surface area contributed by atoms with Crippen molar-refractivity contribution in [2.24, 2.45) is 5.41 Å². The highest BCUT2D eigenvalue weighted by Gasteiger charge is 2.33. The van der Waals surface area contributed by atoms with Crippen molar-refractivity contribution in [3.63, 3.8) is 0 Å². The summed E-state index contributed by atoms with van der Waals surface area (Å²) >= 11 is 3.90. The van der Waals surface area contributed by atoms with Crippen LogP contribution in [-0.4, -0.2) is 44.3 Å². The molecule has 1 saturated heterocycles. The Morgan fingerprint density at radius 2 is 2.12 bits per heavy atom. The minimum atomic E-state index is -0.287. The van der Waals surface area contributed by atoms with Crippen molar-refractivity contribution in [2.45, 2.75) is 39.0 Å². The number of alkyl halides is 1. The fourth-order valence-corrected chi connectivity index (χ4v) is 5.89. The third-order valence-corrected chi connectivity index (χ3v) is 7.51. The van der Waals surface area contributed by atoms with Gasteiger partial charge in [-0.05, 0) is 76.6 Å². The molecule has 4 rings (SSSR count). The SMILES string of the molecule is COC(=O)c1ccc2c(c1)CCCC(Br)=C2C1(C)C=CC(C=C2CN(CCCF)C2)=CC1. The first-order chi connectivity index (χ1) is 15.4. The van der Waals surface area contributed by atoms with Crippen LogP contribution in [0.2, 0.25) is 0 Å². The number of carbonyl (C=O) groups is 1. The van der Waals surface area contributed by atoms with Gasteiger partial charge in [-0.15, -0.1) is 0 Å². The molecular weight excluding hydrogens is 469 g/mol. The number of esters is 1. The molecule has 3 aliphatic rings. The van der Waals surface area contributed by atoms with Gasteiger partial charge in [0.05, 0.1) is 19.3 Å². The number of ether oxygens (including phenoxy) is 1. The highest BCUT2D eigenvalue weighted by molar-refractivity contribution is 9.11. The molecule has 0 radical (unpaired) electrons. The van der Waals surface area contributed by atoms with Crippen LogP contribution in [0.1, 0.15) is 54.1 Å². The Morgan fingerprint density at radius 3 is 2.81 bits per heavy atom. The molecule has 0 amide bonds. The minimum Gasteiger partial charge on any atom is -0.465 e. The van der Waals surface area contributed by atoms with E-state index in [9.17, 15) is 9.18 Å². The molecule has 1 heterocycles. The molecule has 1 atom stereocenters. The van der Waals surface area contributed by atoms with E-state index in [1.165, 1.54) is 39.4 Å². The molecule has 1 aromatic rings. The van der Waals surface area contributed by atoms with Gasteiger partial charge in [0.2, 0.25) is 0 Å². The number of benzene rings is 1. The van der Waals surface area contributed by atoms with E-state index >= 15 is 0 Å². The summed E-state index contributed by atoms with van der Waals surface area (Å²) in [4.78, 5) is 14.3. The molecule has 0 saturated carbocycles. The van der Waals surface area contributed by atoms with Crippen LogP contribution in [0.5, 0.6) is 0 Å². The van der Waals surface area contributed by atoms with Crippen LogP contribution in [-0.2, 0) is 11.2 Å². The van der Waals surface area contributed by atoms with Crippen molar-refractivity contribution >= 4 is 27.5 Å². The van der Waals surface area contributed by atoms with Crippen molar-refractivity contribution in [3.8, 4) is 0 Å². The molecule has 2 aliphatic carbocycles. The summed E-state index contributed by atoms with van der Waals surface area (Å²) < 4.78 is 18.5. The molecule has 0 N–H and O–H groups in total. The van der Waals surface area contributed by atoms with Crippen molar-refractivity contribution in [2.75, 3.05) is 33.4 Å². The van der Waals surface area contributed by atoms with Crippen molar-refractivity contribution < 1.29 is 13.9 Å². The number of methoxy groups -OCH3 is 1. The average molecular weight is 500 g/mol. The number of hydrogen-bond donors (Lipinski definition) is 0. The van der Waals surface area contributed by atoms with Gasteiger partial charge < -0.3 is 4.74 Å². The number of likely N-dealkylation sites (tertiary alicyclic amines) is 1. The van der Waals surface area contributed by atoms with Crippen LogP contribution in [0, 0.1) is 5.41 Å². The number of aryl methyl sites for hydroxylation is 1. The van der Waals surface area contributed by atoms with E-state index in [4.69, 9.17) is 4.74 Å². The third-order valence-electron chi connectivity index (χ3n) is 6.72. The fraction of sp³-hybridized carbons (Fsp3) is 0.444. The van der Waals surface area contributed by atoms with Crippen molar-refractivity contribution in [3.05, 3.63) is 74.8 Å². The Bertz CT molecular complexity index is 1010. The van der Waals surface area contributed by atoms with Gasteiger partial charge in [-0.2, -0.15) is 0 Å². The smallest absolute Gasteiger partial charge is 0.337 e. The molecule has 3 nitrogen and oxygen atoms in total. The van der Waals surface area contributed by atoms with E-state index in [2.05, 4.69) is 58.1 Å². The second-order valence-corrected chi connectivity index (χ2v) is 10.2. The number of allylic oxidation sites excluding steroid dienone is 7. The third kappa shape index (κ3) is 4.84. The van der Waals surface area contributed by atoms with E-state index in [1.807, 2.05) is 12.1 Å². The predicted octanol–water partition coefficient (Wildman–Crippen LogP) is 6.41. The predicted molar refractivity (Wildman–Crippen MR) is 132 cm³/mol. The maximum Gasteiger partial charge on any atom is 0.337 e. The van der Waals surface area contributed by atoms with E-state index in [1.54, 1.807) is 0 Å². The van der Waals surface area contributed by atoms with Crippen LogP contribution in [0.4, 0.5) is 4.39 Å². The lowest BCUT2D eigenvalue weighted by atomic mass is 9.72. The molecule has 0 bridgehead atoms. The zero-order valence-electron chi connectivity index (χ0n) is 18.9. The van der Waals surface area contributed by atoms with Crippen LogP contribution in [0.15, 0.2) is 58.1 Å². The molecule has 1 aromatic carbocycles. The van der Waals surface area contributed by atoms with Gasteiger partial charge in [-0.1, -0.05) is 53.2 Å². The summed E-state index contributed by atoms with van der Waals surface area (Å²) in [5.41, 5.74) is 6.94. The van der Waals surface area contributed by atoms with Crippen LogP contribution in [0.25, 0.3) is 5.57 Å². The van der Waals surface area contributed by atoms with E-state index in [0.717, 1.165) is 45.3 Å². The molecule has 32 heavy (non-hydrogen) atoms. The first-order valence-corrected chi connectivity index (χ1v) is 12.2. The molecular formula is C27H31BrFNO2. The van der Waals surface area contributed by atoms with E-state index in [0.29, 0.717) is 12.0 Å². The van der Waals surface area contributed by atoms with Gasteiger partial charge in [0, 0.05) is 25.0 Å². The molecule has 0 spiro atoms. The largest absolute Gasteiger partial charge is 0.465 e. The Labute approximate surface area is 198 Å². The average Bonchev–Trinajstić information content (AvgIpc) is 2.93. The number of carbonyl (C=O) groups excluding carboxylic acids is 1. The van der Waals surface area contributed by atoms with Crippen molar-refractivity contribution in [1.29, 1.82) is 0 Å². The quantitative estimate of drug-likeness (QED) is 0.423. The maximum atomic E-state index is 12.3. The highest BCUT2D eigenvalue weighted by Crippen LogP contribution is 2.49. The fourth-order valence-electron chi connectivity index (χ4n) is 4.95. The van der Waals surface area contributed by atoms with Gasteiger partial charge in [0.1, 0.15) is 0 Å². The molecule has 1 aliphatic heterocycles. The van der Waals surface area contributed by atoms with Crippen LogP contribution >= 0.6 is 15.9 Å². The summed E-state index contributed by atoms with van der Waals surface area (Å²) in [7, 11) is 1.42. The topological polar surface area (TPSA) is 29.5 Å². The Balaban J connectivity index is 1.54. The lowest BCUT2D eigenvalue weighted by molar-refractivity contribution is 0.0600. The van der Waals surface area contributed by atoms with E-state index < -0.39 is 0 Å². The first-order valence-electron chi connectivity index (χ1n) is 11.4. The Morgan fingerprint density at radius 1 is 1.31 bits per heavy atom. The van der Waals surface area contributed by atoms with Gasteiger partial charge in [0.25, 0.3) is 0 Å². The second-order valence-electron chi connectivity index (χ2n) is 9.21. The number of halogens is 2. The zero-order valence-corrected chi connectivity index (χ0v) is 20.5. The minimum absolute atomic E-state index is 0.112. The normalized spacial score (nSPS) is 23.2. The Hall–Kier alpha value is -1.98. The van der Waals surface area contributed by atoms with Gasteiger partial charge in [0.15, 0.2) is 0 Å². The lowest BCUT2D eigenvalue weighted by Crippen LogP contribution is -2.40. The van der Waals surface area contributed by atoms with E-state index in [-0.39, 0.29) is 18.1 Å². The molecule has 1 fully saturated rings. The van der Waals surface area contributed by atoms with Crippen molar-refractivity contribution in [1.82, 2.24) is 4.90 Å². The number of hydrogen-bond acceptors (Lipinski definition) is 3. The monoisotopic (exact) mass is 499 g/mol. The first kappa shape index (κ1) is 23.2. The van der Waals surface area contributed by atoms with Crippen LogP contribution in [0.3, 0.4) is 0 Å². The Kier molecular flexibility index (Phi) is 7.16. The number of rotatable bonds is 6. The molecule has 5 heteroatoms. The molecule has 1 unspecified atom stereocenters. The van der Waals surface area contributed by atoms with Crippen LogP contribution < -0.4 is 0 Å². The second kappa shape index (κ2) is 9.88. The summed E-state index contributed by atoms with van der Waals surface area (Å²) in [5.74, 6) is -0.287. The van der Waals surface area contributed by atoms with Gasteiger partial charge >= 0.3 is 5.97 Å². The number of nitrogens with zero attached hydrogens (tertiary/aromatic N) is 1. The summed E-state index contributed by atoms with van der Waals surface area (Å²) in [6.45, 7) is 4.82. The van der Waals surface area contributed by atoms with Gasteiger partial charge in [-0.25, -0.2) is 4.79 Å². The summed E-state index contributed by atoms with van der Waals surface area (Å²) in [6.07, 6.45) is 13.7. The number of fused-ring (bicyclic) bond motifs is 1. The van der Waals surface area contributed by atoms with Gasteiger partial charge in [-0.3, -0.25) is 9.29 Å².